The van der Waals surface area contributed by atoms with Crippen LogP contribution in [0.2, 0.25) is 0 Å². The Labute approximate surface area is 166 Å². The molecule has 0 aliphatic heterocycles. The Kier molecular flexibility index (Phi) is 8.58. The molecule has 27 heavy (non-hydrogen) atoms. The third-order valence-electron chi connectivity index (χ3n) is 5.22. The zero-order valence-corrected chi connectivity index (χ0v) is 16.8. The Morgan fingerprint density at radius 3 is 2.67 bits per heavy atom. The Morgan fingerprint density at radius 1 is 1.30 bits per heavy atom. The largest absolute Gasteiger partial charge is 0.384 e. The highest BCUT2D eigenvalue weighted by Crippen LogP contribution is 2.54. The molecule has 0 bridgehead atoms. The van der Waals surface area contributed by atoms with Gasteiger partial charge in [-0.3, -0.25) is 4.79 Å². The first-order valence-electron chi connectivity index (χ1n) is 9.51. The molecule has 1 aromatic carbocycles. The second-order valence-corrected chi connectivity index (χ2v) is 8.53. The second kappa shape index (κ2) is 10.9. The van der Waals surface area contributed by atoms with E-state index in [9.17, 15) is 4.79 Å². The van der Waals surface area contributed by atoms with Gasteiger partial charge in [0.15, 0.2) is 0 Å². The fourth-order valence-corrected chi connectivity index (χ4v) is 5.41. The highest BCUT2D eigenvalue weighted by molar-refractivity contribution is 8.00. The Morgan fingerprint density at radius 2 is 2.07 bits per heavy atom. The maximum Gasteiger partial charge on any atom is 0.207 e. The zero-order valence-electron chi connectivity index (χ0n) is 16.0. The summed E-state index contributed by atoms with van der Waals surface area (Å²) in [5.74, 6) is 0.476. The van der Waals surface area contributed by atoms with Crippen LogP contribution >= 0.6 is 11.8 Å². The van der Waals surface area contributed by atoms with Crippen LogP contribution < -0.4 is 10.6 Å². The first-order valence-corrected chi connectivity index (χ1v) is 10.3. The standard InChI is InChI=1S/C21H30N4OS/c1-17-4-2-5-20(14-17)27-21(9-3-10-21)18(7-12-24-16-26)8-13-25-19(15-23)6-11-22/h2,4-6,11,14-16,18,22-23,25H,3,7-10,12-13H2,1H3,(H,24,26)/b19-6+,22-11?,23-15?. The minimum absolute atomic E-state index is 0.218. The average molecular weight is 387 g/mol. The Bertz CT molecular complexity index is 670. The second-order valence-electron chi connectivity index (χ2n) is 7.04. The van der Waals surface area contributed by atoms with Gasteiger partial charge in [0.25, 0.3) is 0 Å². The summed E-state index contributed by atoms with van der Waals surface area (Å²) in [6.45, 7) is 3.58. The van der Waals surface area contributed by atoms with Gasteiger partial charge in [-0.1, -0.05) is 24.1 Å². The summed E-state index contributed by atoms with van der Waals surface area (Å²) in [7, 11) is 0. The molecule has 6 heteroatoms. The molecule has 5 nitrogen and oxygen atoms in total. The van der Waals surface area contributed by atoms with E-state index in [1.165, 1.54) is 42.2 Å². The van der Waals surface area contributed by atoms with Crippen molar-refractivity contribution in [2.45, 2.75) is 48.7 Å². The van der Waals surface area contributed by atoms with E-state index in [1.54, 1.807) is 6.08 Å². The molecule has 1 amide bonds. The molecule has 1 aromatic rings. The number of hydrogen-bond donors (Lipinski definition) is 4. The first-order chi connectivity index (χ1) is 13.1. The maximum atomic E-state index is 10.7. The molecule has 0 heterocycles. The van der Waals surface area contributed by atoms with Gasteiger partial charge in [-0.15, -0.1) is 11.8 Å². The maximum absolute atomic E-state index is 10.7. The lowest BCUT2D eigenvalue weighted by Gasteiger charge is -2.48. The Balaban J connectivity index is 2.07. The van der Waals surface area contributed by atoms with Crippen LogP contribution in [0.25, 0.3) is 0 Å². The van der Waals surface area contributed by atoms with Crippen molar-refractivity contribution in [2.75, 3.05) is 13.1 Å². The first kappa shape index (κ1) is 21.2. The summed E-state index contributed by atoms with van der Waals surface area (Å²) in [4.78, 5) is 12.0. The van der Waals surface area contributed by atoms with Gasteiger partial charge in [0, 0.05) is 35.2 Å². The van der Waals surface area contributed by atoms with Crippen LogP contribution in [0.4, 0.5) is 0 Å². The fourth-order valence-electron chi connectivity index (χ4n) is 3.66. The quantitative estimate of drug-likeness (QED) is 0.235. The minimum atomic E-state index is 0.218. The number of benzene rings is 1. The predicted molar refractivity (Wildman–Crippen MR) is 114 cm³/mol. The van der Waals surface area contributed by atoms with Crippen molar-refractivity contribution in [1.29, 1.82) is 10.8 Å². The lowest BCUT2D eigenvalue weighted by Crippen LogP contribution is -2.43. The van der Waals surface area contributed by atoms with Gasteiger partial charge in [-0.25, -0.2) is 0 Å². The lowest BCUT2D eigenvalue weighted by atomic mass is 9.72. The molecule has 1 atom stereocenters. The summed E-state index contributed by atoms with van der Waals surface area (Å²) in [5, 5.41) is 20.6. The third kappa shape index (κ3) is 6.24. The third-order valence-corrected chi connectivity index (χ3v) is 6.85. The van der Waals surface area contributed by atoms with Gasteiger partial charge in [-0.05, 0) is 56.7 Å². The predicted octanol–water partition coefficient (Wildman–Crippen LogP) is 3.92. The number of carbonyl (C=O) groups is 1. The molecule has 0 aromatic heterocycles. The summed E-state index contributed by atoms with van der Waals surface area (Å²) in [6.07, 6.45) is 10.4. The van der Waals surface area contributed by atoms with Crippen molar-refractivity contribution < 1.29 is 4.79 Å². The normalized spacial score (nSPS) is 16.7. The highest BCUT2D eigenvalue weighted by Gasteiger charge is 2.44. The van der Waals surface area contributed by atoms with Crippen LogP contribution in [0.5, 0.6) is 0 Å². The molecule has 1 unspecified atom stereocenters. The van der Waals surface area contributed by atoms with Gasteiger partial charge in [0.1, 0.15) is 0 Å². The molecule has 1 fully saturated rings. The van der Waals surface area contributed by atoms with E-state index in [0.717, 1.165) is 25.8 Å². The monoisotopic (exact) mass is 386 g/mol. The number of amides is 1. The average Bonchev–Trinajstić information content (AvgIpc) is 2.63. The van der Waals surface area contributed by atoms with Gasteiger partial charge >= 0.3 is 0 Å². The van der Waals surface area contributed by atoms with Gasteiger partial charge < -0.3 is 21.5 Å². The molecule has 146 valence electrons. The van der Waals surface area contributed by atoms with Crippen molar-refractivity contribution in [3.63, 3.8) is 0 Å². The van der Waals surface area contributed by atoms with E-state index < -0.39 is 0 Å². The summed E-state index contributed by atoms with van der Waals surface area (Å²) in [6, 6.07) is 8.69. The van der Waals surface area contributed by atoms with E-state index in [4.69, 9.17) is 10.8 Å². The number of rotatable bonds is 13. The number of hydrogen-bond acceptors (Lipinski definition) is 5. The molecule has 1 aliphatic carbocycles. The topological polar surface area (TPSA) is 88.8 Å². The van der Waals surface area contributed by atoms with Crippen molar-refractivity contribution >= 4 is 30.6 Å². The van der Waals surface area contributed by atoms with Gasteiger partial charge in [0.05, 0.1) is 5.70 Å². The number of carbonyl (C=O) groups excluding carboxylic acids is 1. The Hall–Kier alpha value is -2.08. The number of aryl methyl sites for hydroxylation is 1. The highest BCUT2D eigenvalue weighted by atomic mass is 32.2. The van der Waals surface area contributed by atoms with Crippen LogP contribution in [0.15, 0.2) is 40.9 Å². The van der Waals surface area contributed by atoms with Crippen LogP contribution in [0, 0.1) is 23.7 Å². The van der Waals surface area contributed by atoms with Crippen LogP contribution in [-0.4, -0.2) is 36.7 Å². The minimum Gasteiger partial charge on any atom is -0.384 e. The molecule has 1 aliphatic rings. The SMILES string of the molecule is Cc1cccc(SC2(C(CCNC=O)CCN/C(C=N)=C/C=N)CCC2)c1. The number of allylic oxidation sites excluding steroid dienone is 2. The lowest BCUT2D eigenvalue weighted by molar-refractivity contribution is -0.109. The van der Waals surface area contributed by atoms with Crippen molar-refractivity contribution in [3.8, 4) is 0 Å². The van der Waals surface area contributed by atoms with Crippen molar-refractivity contribution in [3.05, 3.63) is 41.6 Å². The summed E-state index contributed by atoms with van der Waals surface area (Å²) < 4.78 is 0.218. The van der Waals surface area contributed by atoms with E-state index in [-0.39, 0.29) is 4.75 Å². The van der Waals surface area contributed by atoms with Crippen molar-refractivity contribution in [1.82, 2.24) is 10.6 Å². The summed E-state index contributed by atoms with van der Waals surface area (Å²) >= 11 is 1.99. The molecule has 0 spiro atoms. The number of nitrogens with one attached hydrogen (secondary N) is 4. The van der Waals surface area contributed by atoms with E-state index in [0.29, 0.717) is 18.2 Å². The van der Waals surface area contributed by atoms with Crippen molar-refractivity contribution in [2.24, 2.45) is 5.92 Å². The summed E-state index contributed by atoms with van der Waals surface area (Å²) in [5.41, 5.74) is 1.94. The van der Waals surface area contributed by atoms with Crippen LogP contribution in [0.3, 0.4) is 0 Å². The van der Waals surface area contributed by atoms with Gasteiger partial charge in [0.2, 0.25) is 6.41 Å². The fraction of sp³-hybridized carbons (Fsp3) is 0.476. The molecular weight excluding hydrogens is 356 g/mol. The van der Waals surface area contributed by atoms with E-state index >= 15 is 0 Å². The molecule has 2 rings (SSSR count). The smallest absolute Gasteiger partial charge is 0.207 e. The zero-order chi connectivity index (χ0) is 19.5. The molecule has 0 radical (unpaired) electrons. The molecular formula is C21H30N4OS. The van der Waals surface area contributed by atoms with E-state index in [1.807, 2.05) is 11.8 Å². The molecule has 1 saturated carbocycles. The molecule has 4 N–H and O–H groups in total. The number of thioether (sulfide) groups is 1. The van der Waals surface area contributed by atoms with Crippen LogP contribution in [-0.2, 0) is 4.79 Å². The van der Waals surface area contributed by atoms with Crippen LogP contribution in [0.1, 0.15) is 37.7 Å². The van der Waals surface area contributed by atoms with E-state index in [2.05, 4.69) is 41.8 Å². The molecule has 0 saturated heterocycles. The van der Waals surface area contributed by atoms with Gasteiger partial charge in [-0.2, -0.15) is 0 Å².